The summed E-state index contributed by atoms with van der Waals surface area (Å²) in [5.41, 5.74) is 2.54. The maximum Gasteiger partial charge on any atom is 0.261 e. The Morgan fingerprint density at radius 2 is 1.86 bits per heavy atom. The molecule has 2 aromatic carbocycles. The first-order valence-electron chi connectivity index (χ1n) is 9.17. The molecule has 0 spiro atoms. The Labute approximate surface area is 170 Å². The molecule has 0 unspecified atom stereocenters. The number of anilines is 1. The lowest BCUT2D eigenvalue weighted by atomic mass is 10.1. The van der Waals surface area contributed by atoms with Crippen molar-refractivity contribution in [3.63, 3.8) is 0 Å². The fourth-order valence-electron chi connectivity index (χ4n) is 2.73. The number of aromatic nitrogens is 2. The largest absolute Gasteiger partial charge is 0.496 e. The Morgan fingerprint density at radius 1 is 1.03 bits per heavy atom. The van der Waals surface area contributed by atoms with E-state index in [0.29, 0.717) is 29.6 Å². The maximum atomic E-state index is 12.7. The predicted octanol–water partition coefficient (Wildman–Crippen LogP) is 4.05. The van der Waals surface area contributed by atoms with Crippen molar-refractivity contribution >= 4 is 15.7 Å². The SMILES string of the molecule is CCCOc1ccc(-c2cccc(NS(=O)(=O)c3ccc(OC)c(C)c3)c2)nn1. The molecule has 1 heterocycles. The molecule has 1 N–H and O–H groups in total. The molecule has 152 valence electrons. The fraction of sp³-hybridized carbons (Fsp3) is 0.238. The van der Waals surface area contributed by atoms with Crippen molar-refractivity contribution < 1.29 is 17.9 Å². The van der Waals surface area contributed by atoms with E-state index in [1.165, 1.54) is 6.07 Å². The van der Waals surface area contributed by atoms with E-state index in [-0.39, 0.29) is 4.90 Å². The third-order valence-corrected chi connectivity index (χ3v) is 5.56. The minimum Gasteiger partial charge on any atom is -0.496 e. The first-order chi connectivity index (χ1) is 13.9. The van der Waals surface area contributed by atoms with Crippen LogP contribution in [0, 0.1) is 6.92 Å². The summed E-state index contributed by atoms with van der Waals surface area (Å²) in [6.07, 6.45) is 0.888. The monoisotopic (exact) mass is 413 g/mol. The van der Waals surface area contributed by atoms with Crippen LogP contribution >= 0.6 is 0 Å². The second-order valence-corrected chi connectivity index (χ2v) is 8.11. The average molecular weight is 413 g/mol. The number of hydrogen-bond acceptors (Lipinski definition) is 6. The van der Waals surface area contributed by atoms with Gasteiger partial charge < -0.3 is 9.47 Å². The Bertz CT molecular complexity index is 1080. The van der Waals surface area contributed by atoms with Gasteiger partial charge in [-0.05, 0) is 55.3 Å². The highest BCUT2D eigenvalue weighted by molar-refractivity contribution is 7.92. The third-order valence-electron chi connectivity index (χ3n) is 4.18. The molecule has 0 aliphatic heterocycles. The first-order valence-corrected chi connectivity index (χ1v) is 10.7. The Hall–Kier alpha value is -3.13. The number of methoxy groups -OCH3 is 1. The maximum absolute atomic E-state index is 12.7. The summed E-state index contributed by atoms with van der Waals surface area (Å²) in [5, 5.41) is 8.21. The second-order valence-electron chi connectivity index (χ2n) is 6.42. The second kappa shape index (κ2) is 8.91. The van der Waals surface area contributed by atoms with Gasteiger partial charge in [0.05, 0.1) is 24.3 Å². The molecule has 7 nitrogen and oxygen atoms in total. The molecule has 0 amide bonds. The lowest BCUT2D eigenvalue weighted by Crippen LogP contribution is -2.13. The number of aryl methyl sites for hydroxylation is 1. The number of hydrogen-bond donors (Lipinski definition) is 1. The molecule has 0 aliphatic rings. The molecule has 0 bridgehead atoms. The minimum atomic E-state index is -3.74. The normalized spacial score (nSPS) is 11.1. The van der Waals surface area contributed by atoms with E-state index in [4.69, 9.17) is 9.47 Å². The lowest BCUT2D eigenvalue weighted by molar-refractivity contribution is 0.302. The number of rotatable bonds is 8. The van der Waals surface area contributed by atoms with Crippen LogP contribution in [0.15, 0.2) is 59.5 Å². The quantitative estimate of drug-likeness (QED) is 0.599. The summed E-state index contributed by atoms with van der Waals surface area (Å²) in [4.78, 5) is 0.165. The average Bonchev–Trinajstić information content (AvgIpc) is 2.72. The van der Waals surface area contributed by atoms with Crippen LogP contribution in [0.3, 0.4) is 0 Å². The Kier molecular flexibility index (Phi) is 6.33. The summed E-state index contributed by atoms with van der Waals surface area (Å²) < 4.78 is 38.7. The topological polar surface area (TPSA) is 90.4 Å². The van der Waals surface area contributed by atoms with Gasteiger partial charge in [0.25, 0.3) is 10.0 Å². The van der Waals surface area contributed by atoms with E-state index in [1.54, 1.807) is 56.5 Å². The van der Waals surface area contributed by atoms with E-state index in [0.717, 1.165) is 17.5 Å². The molecular formula is C21H23N3O4S. The lowest BCUT2D eigenvalue weighted by Gasteiger charge is -2.11. The summed E-state index contributed by atoms with van der Waals surface area (Å²) >= 11 is 0. The van der Waals surface area contributed by atoms with Crippen LogP contribution in [-0.2, 0) is 10.0 Å². The van der Waals surface area contributed by atoms with E-state index in [9.17, 15) is 8.42 Å². The van der Waals surface area contributed by atoms with Crippen LogP contribution in [0.2, 0.25) is 0 Å². The van der Waals surface area contributed by atoms with E-state index < -0.39 is 10.0 Å². The van der Waals surface area contributed by atoms with E-state index in [1.807, 2.05) is 13.0 Å². The van der Waals surface area contributed by atoms with Crippen molar-refractivity contribution in [1.29, 1.82) is 0 Å². The van der Waals surface area contributed by atoms with Crippen molar-refractivity contribution in [1.82, 2.24) is 10.2 Å². The van der Waals surface area contributed by atoms with Crippen molar-refractivity contribution in [3.8, 4) is 22.9 Å². The van der Waals surface area contributed by atoms with Crippen molar-refractivity contribution in [2.45, 2.75) is 25.2 Å². The minimum absolute atomic E-state index is 0.165. The van der Waals surface area contributed by atoms with E-state index in [2.05, 4.69) is 14.9 Å². The van der Waals surface area contributed by atoms with Gasteiger partial charge in [-0.2, -0.15) is 0 Å². The Balaban J connectivity index is 1.81. The number of ether oxygens (including phenoxy) is 2. The van der Waals surface area contributed by atoms with Gasteiger partial charge in [0.15, 0.2) is 0 Å². The predicted molar refractivity (Wildman–Crippen MR) is 112 cm³/mol. The molecule has 8 heteroatoms. The third kappa shape index (κ3) is 5.03. The zero-order chi connectivity index (χ0) is 20.9. The number of sulfonamides is 1. The van der Waals surface area contributed by atoms with Crippen LogP contribution in [0.5, 0.6) is 11.6 Å². The highest BCUT2D eigenvalue weighted by atomic mass is 32.2. The number of benzene rings is 2. The molecule has 29 heavy (non-hydrogen) atoms. The molecule has 0 radical (unpaired) electrons. The standard InChI is InChI=1S/C21H23N3O4S/c1-4-12-28-21-11-9-19(22-23-21)16-6-5-7-17(14-16)24-29(25,26)18-8-10-20(27-3)15(2)13-18/h5-11,13-14,24H,4,12H2,1-3H3. The van der Waals surface area contributed by atoms with Gasteiger partial charge in [0.1, 0.15) is 5.75 Å². The van der Waals surface area contributed by atoms with Gasteiger partial charge in [-0.15, -0.1) is 10.2 Å². The van der Waals surface area contributed by atoms with E-state index >= 15 is 0 Å². The number of nitrogens with zero attached hydrogens (tertiary/aromatic N) is 2. The highest BCUT2D eigenvalue weighted by Crippen LogP contribution is 2.25. The van der Waals surface area contributed by atoms with Gasteiger partial charge in [0, 0.05) is 17.3 Å². The van der Waals surface area contributed by atoms with Gasteiger partial charge in [0.2, 0.25) is 5.88 Å². The zero-order valence-corrected chi connectivity index (χ0v) is 17.4. The molecule has 3 rings (SSSR count). The molecule has 0 aliphatic carbocycles. The van der Waals surface area contributed by atoms with Gasteiger partial charge in [-0.1, -0.05) is 19.1 Å². The summed E-state index contributed by atoms with van der Waals surface area (Å²) in [7, 11) is -2.19. The zero-order valence-electron chi connectivity index (χ0n) is 16.5. The Morgan fingerprint density at radius 3 is 2.52 bits per heavy atom. The van der Waals surface area contributed by atoms with Crippen molar-refractivity contribution in [2.75, 3.05) is 18.4 Å². The summed E-state index contributed by atoms with van der Waals surface area (Å²) in [5.74, 6) is 1.10. The summed E-state index contributed by atoms with van der Waals surface area (Å²) in [6, 6.07) is 15.3. The molecule has 0 saturated carbocycles. The van der Waals surface area contributed by atoms with Crippen LogP contribution in [0.1, 0.15) is 18.9 Å². The molecule has 0 atom stereocenters. The summed E-state index contributed by atoms with van der Waals surface area (Å²) in [6.45, 7) is 4.39. The number of nitrogens with one attached hydrogen (secondary N) is 1. The molecular weight excluding hydrogens is 390 g/mol. The van der Waals surface area contributed by atoms with Crippen molar-refractivity contribution in [3.05, 3.63) is 60.2 Å². The molecule has 0 saturated heterocycles. The van der Waals surface area contributed by atoms with Crippen LogP contribution in [0.4, 0.5) is 5.69 Å². The van der Waals surface area contributed by atoms with Crippen LogP contribution in [-0.4, -0.2) is 32.3 Å². The highest BCUT2D eigenvalue weighted by Gasteiger charge is 2.16. The van der Waals surface area contributed by atoms with Crippen LogP contribution in [0.25, 0.3) is 11.3 Å². The molecule has 1 aromatic heterocycles. The van der Waals surface area contributed by atoms with Gasteiger partial charge >= 0.3 is 0 Å². The smallest absolute Gasteiger partial charge is 0.261 e. The van der Waals surface area contributed by atoms with Crippen molar-refractivity contribution in [2.24, 2.45) is 0 Å². The molecule has 3 aromatic rings. The van der Waals surface area contributed by atoms with Gasteiger partial charge in [-0.25, -0.2) is 8.42 Å². The first kappa shape index (κ1) is 20.6. The van der Waals surface area contributed by atoms with Gasteiger partial charge in [-0.3, -0.25) is 4.72 Å². The molecule has 0 fully saturated rings. The fourth-order valence-corrected chi connectivity index (χ4v) is 3.87. The van der Waals surface area contributed by atoms with Crippen LogP contribution < -0.4 is 14.2 Å².